The Hall–Kier alpha value is -2.08. The summed E-state index contributed by atoms with van der Waals surface area (Å²) in [5.41, 5.74) is 1.90. The van der Waals surface area contributed by atoms with Crippen molar-refractivity contribution in [3.8, 4) is 11.5 Å². The molecule has 0 saturated heterocycles. The summed E-state index contributed by atoms with van der Waals surface area (Å²) in [6, 6.07) is 5.78. The van der Waals surface area contributed by atoms with Crippen LogP contribution in [-0.4, -0.2) is 29.8 Å². The second-order valence-electron chi connectivity index (χ2n) is 4.94. The van der Waals surface area contributed by atoms with E-state index in [2.05, 4.69) is 4.98 Å². The van der Waals surface area contributed by atoms with Gasteiger partial charge in [-0.25, -0.2) is 4.98 Å². The van der Waals surface area contributed by atoms with Gasteiger partial charge >= 0.3 is 5.97 Å². The summed E-state index contributed by atoms with van der Waals surface area (Å²) in [6.45, 7) is 4.30. The highest BCUT2D eigenvalue weighted by Gasteiger charge is 2.11. The number of thiazole rings is 1. The highest BCUT2D eigenvalue weighted by Crippen LogP contribution is 2.28. The van der Waals surface area contributed by atoms with Crippen molar-refractivity contribution in [2.24, 2.45) is 0 Å². The van der Waals surface area contributed by atoms with Gasteiger partial charge in [0.2, 0.25) is 0 Å². The Morgan fingerprint density at radius 3 is 2.77 bits per heavy atom. The van der Waals surface area contributed by atoms with Crippen LogP contribution in [0.4, 0.5) is 0 Å². The summed E-state index contributed by atoms with van der Waals surface area (Å²) in [6.07, 6.45) is 0.665. The molecule has 0 amide bonds. The van der Waals surface area contributed by atoms with Crippen molar-refractivity contribution >= 4 is 17.3 Å². The molecule has 0 saturated carbocycles. The van der Waals surface area contributed by atoms with E-state index in [-0.39, 0.29) is 6.42 Å². The Morgan fingerprint density at radius 1 is 1.32 bits per heavy atom. The fraction of sp³-hybridized carbons (Fsp3) is 0.375. The van der Waals surface area contributed by atoms with Gasteiger partial charge in [0.05, 0.1) is 30.8 Å². The minimum atomic E-state index is -0.834. The highest BCUT2D eigenvalue weighted by atomic mass is 32.1. The molecular formula is C16H19NO4S. The van der Waals surface area contributed by atoms with Crippen LogP contribution in [0, 0.1) is 13.8 Å². The predicted octanol–water partition coefficient (Wildman–Crippen LogP) is 3.02. The van der Waals surface area contributed by atoms with Gasteiger partial charge in [-0.1, -0.05) is 6.07 Å². The lowest BCUT2D eigenvalue weighted by Gasteiger charge is -2.10. The number of aliphatic carboxylic acids is 1. The van der Waals surface area contributed by atoms with E-state index in [4.69, 9.17) is 14.6 Å². The molecule has 22 heavy (non-hydrogen) atoms. The zero-order valence-electron chi connectivity index (χ0n) is 12.9. The summed E-state index contributed by atoms with van der Waals surface area (Å²) in [5, 5.41) is 9.73. The first-order chi connectivity index (χ1) is 10.5. The molecule has 5 nitrogen and oxygen atoms in total. The second kappa shape index (κ2) is 7.26. The van der Waals surface area contributed by atoms with Crippen LogP contribution in [0.25, 0.3) is 0 Å². The minimum Gasteiger partial charge on any atom is -0.493 e. The number of aromatic nitrogens is 1. The largest absolute Gasteiger partial charge is 0.493 e. The Morgan fingerprint density at radius 2 is 2.09 bits per heavy atom. The van der Waals surface area contributed by atoms with Crippen LogP contribution in [-0.2, 0) is 17.6 Å². The van der Waals surface area contributed by atoms with E-state index in [0.29, 0.717) is 24.5 Å². The minimum absolute atomic E-state index is 0.0240. The number of carboxylic acids is 1. The maximum absolute atomic E-state index is 10.8. The van der Waals surface area contributed by atoms with Gasteiger partial charge in [0.1, 0.15) is 0 Å². The Bertz CT molecular complexity index is 666. The molecule has 0 aliphatic carbocycles. The number of carbonyl (C=O) groups is 1. The zero-order valence-corrected chi connectivity index (χ0v) is 13.7. The van der Waals surface area contributed by atoms with Crippen molar-refractivity contribution in [1.29, 1.82) is 0 Å². The maximum Gasteiger partial charge on any atom is 0.308 e. The number of rotatable bonds is 7. The predicted molar refractivity (Wildman–Crippen MR) is 85.1 cm³/mol. The first-order valence-electron chi connectivity index (χ1n) is 6.94. The first kappa shape index (κ1) is 16.3. The summed E-state index contributed by atoms with van der Waals surface area (Å²) in [5.74, 6) is 0.577. The van der Waals surface area contributed by atoms with Crippen LogP contribution in [0.2, 0.25) is 0 Å². The third kappa shape index (κ3) is 4.21. The monoisotopic (exact) mass is 321 g/mol. The first-order valence-corrected chi connectivity index (χ1v) is 7.75. The molecule has 0 bridgehead atoms. The van der Waals surface area contributed by atoms with Gasteiger partial charge in [0.15, 0.2) is 11.5 Å². The lowest BCUT2D eigenvalue weighted by atomic mass is 10.2. The van der Waals surface area contributed by atoms with Crippen LogP contribution in [0.3, 0.4) is 0 Å². The molecule has 0 aliphatic heterocycles. The number of hydrogen-bond acceptors (Lipinski definition) is 5. The van der Waals surface area contributed by atoms with Gasteiger partial charge in [-0.3, -0.25) is 4.79 Å². The van der Waals surface area contributed by atoms with Gasteiger partial charge in [-0.2, -0.15) is 0 Å². The molecule has 1 aromatic heterocycles. The summed E-state index contributed by atoms with van der Waals surface area (Å²) < 4.78 is 11.0. The van der Waals surface area contributed by atoms with E-state index in [1.165, 1.54) is 11.3 Å². The Labute approximate surface area is 133 Å². The second-order valence-corrected chi connectivity index (χ2v) is 6.11. The van der Waals surface area contributed by atoms with Crippen LogP contribution in [0.1, 0.15) is 21.1 Å². The molecule has 0 aliphatic rings. The van der Waals surface area contributed by atoms with Crippen LogP contribution in [0.5, 0.6) is 11.5 Å². The van der Waals surface area contributed by atoms with Crippen molar-refractivity contribution in [2.75, 3.05) is 13.7 Å². The quantitative estimate of drug-likeness (QED) is 0.849. The molecular weight excluding hydrogens is 302 g/mol. The van der Waals surface area contributed by atoms with Gasteiger partial charge in [-0.05, 0) is 31.5 Å². The molecule has 118 valence electrons. The topological polar surface area (TPSA) is 68.7 Å². The lowest BCUT2D eigenvalue weighted by molar-refractivity contribution is -0.136. The van der Waals surface area contributed by atoms with Gasteiger partial charge in [0, 0.05) is 11.3 Å². The molecule has 1 aromatic carbocycles. The van der Waals surface area contributed by atoms with Crippen molar-refractivity contribution < 1.29 is 19.4 Å². The summed E-state index contributed by atoms with van der Waals surface area (Å²) in [7, 11) is 1.62. The zero-order chi connectivity index (χ0) is 16.1. The van der Waals surface area contributed by atoms with E-state index in [0.717, 1.165) is 21.1 Å². The average molecular weight is 321 g/mol. The number of carboxylic acid groups (broad SMARTS) is 1. The van der Waals surface area contributed by atoms with Gasteiger partial charge in [-0.15, -0.1) is 11.3 Å². The number of hydrogen-bond donors (Lipinski definition) is 1. The molecule has 2 rings (SSSR count). The van der Waals surface area contributed by atoms with Crippen molar-refractivity contribution in [2.45, 2.75) is 26.7 Å². The summed E-state index contributed by atoms with van der Waals surface area (Å²) in [4.78, 5) is 16.0. The number of aryl methyl sites for hydroxylation is 2. The van der Waals surface area contributed by atoms with Crippen LogP contribution < -0.4 is 9.47 Å². The number of methoxy groups -OCH3 is 1. The number of ether oxygens (including phenoxy) is 2. The molecule has 0 unspecified atom stereocenters. The van der Waals surface area contributed by atoms with E-state index in [1.807, 2.05) is 32.0 Å². The molecule has 6 heteroatoms. The molecule has 1 heterocycles. The van der Waals surface area contributed by atoms with Crippen molar-refractivity contribution in [1.82, 2.24) is 4.98 Å². The van der Waals surface area contributed by atoms with Crippen LogP contribution >= 0.6 is 11.3 Å². The standard InChI is InChI=1S/C16H19NO4S/c1-10-4-5-12(13(8-10)20-3)21-7-6-15-17-11(2)14(22-15)9-16(18)19/h4-5,8H,6-7,9H2,1-3H3,(H,18,19). The van der Waals surface area contributed by atoms with E-state index < -0.39 is 5.97 Å². The van der Waals surface area contributed by atoms with Gasteiger partial charge < -0.3 is 14.6 Å². The normalized spacial score (nSPS) is 10.5. The lowest BCUT2D eigenvalue weighted by Crippen LogP contribution is -2.02. The smallest absolute Gasteiger partial charge is 0.308 e. The van der Waals surface area contributed by atoms with E-state index >= 15 is 0 Å². The van der Waals surface area contributed by atoms with Crippen LogP contribution in [0.15, 0.2) is 18.2 Å². The molecule has 1 N–H and O–H groups in total. The molecule has 0 spiro atoms. The average Bonchev–Trinajstić information content (AvgIpc) is 2.80. The summed E-state index contributed by atoms with van der Waals surface area (Å²) >= 11 is 1.43. The highest BCUT2D eigenvalue weighted by molar-refractivity contribution is 7.11. The van der Waals surface area contributed by atoms with Crippen molar-refractivity contribution in [3.63, 3.8) is 0 Å². The molecule has 0 atom stereocenters. The SMILES string of the molecule is COc1cc(C)ccc1OCCc1nc(C)c(CC(=O)O)s1. The number of nitrogens with zero attached hydrogens (tertiary/aromatic N) is 1. The Kier molecular flexibility index (Phi) is 5.38. The van der Waals surface area contributed by atoms with E-state index in [9.17, 15) is 4.79 Å². The fourth-order valence-electron chi connectivity index (χ4n) is 2.04. The third-order valence-corrected chi connectivity index (χ3v) is 4.36. The molecule has 2 aromatic rings. The van der Waals surface area contributed by atoms with E-state index in [1.54, 1.807) is 7.11 Å². The fourth-order valence-corrected chi connectivity index (χ4v) is 3.08. The third-order valence-electron chi connectivity index (χ3n) is 3.14. The molecule has 0 radical (unpaired) electrons. The maximum atomic E-state index is 10.8. The molecule has 0 fully saturated rings. The Balaban J connectivity index is 1.95. The van der Waals surface area contributed by atoms with Gasteiger partial charge in [0.25, 0.3) is 0 Å². The number of benzene rings is 1. The van der Waals surface area contributed by atoms with Crippen molar-refractivity contribution in [3.05, 3.63) is 39.3 Å².